The fourth-order valence-electron chi connectivity index (χ4n) is 2.35. The molecular weight excluding hydrogens is 318 g/mol. The molecule has 1 saturated carbocycles. The zero-order chi connectivity index (χ0) is 17.0. The van der Waals surface area contributed by atoms with Gasteiger partial charge >= 0.3 is 12.1 Å². The van der Waals surface area contributed by atoms with Gasteiger partial charge in [-0.2, -0.15) is 0 Å². The van der Waals surface area contributed by atoms with Crippen molar-refractivity contribution in [1.82, 2.24) is 15.5 Å². The van der Waals surface area contributed by atoms with Crippen molar-refractivity contribution in [2.45, 2.75) is 58.6 Å². The molecule has 8 heteroatoms. The highest BCUT2D eigenvalue weighted by molar-refractivity contribution is 7.13. The maximum absolute atomic E-state index is 11.7. The minimum atomic E-state index is -0.483. The quantitative estimate of drug-likeness (QED) is 0.828. The van der Waals surface area contributed by atoms with Gasteiger partial charge in [-0.05, 0) is 46.5 Å². The summed E-state index contributed by atoms with van der Waals surface area (Å²) in [6.45, 7) is 7.60. The van der Waals surface area contributed by atoms with Crippen molar-refractivity contribution in [3.63, 3.8) is 0 Å². The lowest BCUT2D eigenvalue weighted by Gasteiger charge is -2.35. The van der Waals surface area contributed by atoms with Gasteiger partial charge in [-0.15, -0.1) is 10.2 Å². The molecule has 1 aromatic rings. The van der Waals surface area contributed by atoms with Crippen LogP contribution in [0.3, 0.4) is 0 Å². The first kappa shape index (κ1) is 17.7. The second kappa shape index (κ2) is 7.25. The Hall–Kier alpha value is -1.70. The van der Waals surface area contributed by atoms with Crippen molar-refractivity contribution in [3.05, 3.63) is 10.0 Å². The highest BCUT2D eigenvalue weighted by Gasteiger charge is 2.32. The zero-order valence-corrected chi connectivity index (χ0v) is 14.7. The lowest BCUT2D eigenvalue weighted by molar-refractivity contribution is 0.0451. The van der Waals surface area contributed by atoms with Gasteiger partial charge in [0.25, 0.3) is 0 Å². The van der Waals surface area contributed by atoms with E-state index in [9.17, 15) is 9.59 Å². The van der Waals surface area contributed by atoms with Crippen LogP contribution in [0.2, 0.25) is 0 Å². The Morgan fingerprint density at radius 2 is 2.00 bits per heavy atom. The molecule has 2 rings (SSSR count). The van der Waals surface area contributed by atoms with E-state index in [1.54, 1.807) is 6.92 Å². The van der Waals surface area contributed by atoms with Crippen LogP contribution in [0.4, 0.5) is 4.79 Å². The van der Waals surface area contributed by atoms with Gasteiger partial charge in [-0.3, -0.25) is 0 Å². The molecule has 0 aliphatic heterocycles. The van der Waals surface area contributed by atoms with Crippen LogP contribution in [0.25, 0.3) is 0 Å². The number of hydrogen-bond donors (Lipinski definition) is 1. The molecule has 23 heavy (non-hydrogen) atoms. The third-order valence-electron chi connectivity index (χ3n) is 3.34. The molecule has 1 heterocycles. The highest BCUT2D eigenvalue weighted by Crippen LogP contribution is 2.31. The maximum atomic E-state index is 11.7. The van der Waals surface area contributed by atoms with E-state index in [1.165, 1.54) is 11.3 Å². The predicted octanol–water partition coefficient (Wildman–Crippen LogP) is 2.56. The summed E-state index contributed by atoms with van der Waals surface area (Å²) in [5.41, 5.74) is -0.483. The number of nitrogens with one attached hydrogen (secondary N) is 1. The SMILES string of the molecule is CCOC(=O)c1nnc(CC2CC(NC(=O)OC(C)(C)C)C2)s1. The van der Waals surface area contributed by atoms with Gasteiger partial charge in [0.2, 0.25) is 5.01 Å². The standard InChI is InChI=1S/C15H23N3O4S/c1-5-21-13(19)12-18-17-11(23-12)8-9-6-10(7-9)16-14(20)22-15(2,3)4/h9-10H,5-8H2,1-4H3,(H,16,20). The lowest BCUT2D eigenvalue weighted by atomic mass is 9.78. The lowest BCUT2D eigenvalue weighted by Crippen LogP contribution is -2.46. The van der Waals surface area contributed by atoms with E-state index in [4.69, 9.17) is 9.47 Å². The molecular formula is C15H23N3O4S. The first-order chi connectivity index (χ1) is 10.8. The summed E-state index contributed by atoms with van der Waals surface area (Å²) in [5, 5.41) is 11.9. The van der Waals surface area contributed by atoms with Crippen LogP contribution in [0.5, 0.6) is 0 Å². The minimum Gasteiger partial charge on any atom is -0.461 e. The van der Waals surface area contributed by atoms with E-state index in [0.717, 1.165) is 24.3 Å². The van der Waals surface area contributed by atoms with E-state index in [0.29, 0.717) is 17.5 Å². The molecule has 1 N–H and O–H groups in total. The van der Waals surface area contributed by atoms with E-state index >= 15 is 0 Å². The molecule has 128 valence electrons. The summed E-state index contributed by atoms with van der Waals surface area (Å²) in [6, 6.07) is 0.146. The molecule has 1 aromatic heterocycles. The first-order valence-electron chi connectivity index (χ1n) is 7.76. The Kier molecular flexibility index (Phi) is 5.56. The number of hydrogen-bond acceptors (Lipinski definition) is 7. The fourth-order valence-corrected chi connectivity index (χ4v) is 3.20. The van der Waals surface area contributed by atoms with E-state index in [1.807, 2.05) is 20.8 Å². The fraction of sp³-hybridized carbons (Fsp3) is 0.733. The van der Waals surface area contributed by atoms with Crippen LogP contribution < -0.4 is 5.32 Å². The van der Waals surface area contributed by atoms with Crippen molar-refractivity contribution >= 4 is 23.4 Å². The van der Waals surface area contributed by atoms with Crippen LogP contribution in [0.15, 0.2) is 0 Å². The summed E-state index contributed by atoms with van der Waals surface area (Å²) >= 11 is 1.27. The van der Waals surface area contributed by atoms with Crippen molar-refractivity contribution in [3.8, 4) is 0 Å². The summed E-state index contributed by atoms with van der Waals surface area (Å²) in [4.78, 5) is 23.2. The number of esters is 1. The summed E-state index contributed by atoms with van der Waals surface area (Å²) < 4.78 is 10.1. The van der Waals surface area contributed by atoms with Crippen LogP contribution in [-0.2, 0) is 15.9 Å². The largest absolute Gasteiger partial charge is 0.461 e. The van der Waals surface area contributed by atoms with Crippen LogP contribution in [0.1, 0.15) is 55.3 Å². The van der Waals surface area contributed by atoms with Gasteiger partial charge in [0.1, 0.15) is 10.6 Å². The molecule has 0 unspecified atom stereocenters. The maximum Gasteiger partial charge on any atom is 0.407 e. The molecule has 0 aromatic carbocycles. The van der Waals surface area contributed by atoms with Crippen LogP contribution in [-0.4, -0.2) is 40.5 Å². The van der Waals surface area contributed by atoms with Gasteiger partial charge in [0.15, 0.2) is 0 Å². The normalized spacial score (nSPS) is 20.5. The molecule has 1 aliphatic carbocycles. The number of ether oxygens (including phenoxy) is 2. The van der Waals surface area contributed by atoms with E-state index < -0.39 is 11.6 Å². The Bertz CT molecular complexity index is 561. The molecule has 0 bridgehead atoms. The van der Waals surface area contributed by atoms with Crippen molar-refractivity contribution in [1.29, 1.82) is 0 Å². The second-order valence-corrected chi connectivity index (χ2v) is 7.67. The highest BCUT2D eigenvalue weighted by atomic mass is 32.1. The average Bonchev–Trinajstić information content (AvgIpc) is 2.83. The molecule has 1 aliphatic rings. The van der Waals surface area contributed by atoms with Crippen LogP contribution in [0, 0.1) is 5.92 Å². The number of nitrogens with zero attached hydrogens (tertiary/aromatic N) is 2. The number of alkyl carbamates (subject to hydrolysis) is 1. The van der Waals surface area contributed by atoms with Gasteiger partial charge in [-0.1, -0.05) is 11.3 Å². The topological polar surface area (TPSA) is 90.4 Å². The Balaban J connectivity index is 1.72. The summed E-state index contributed by atoms with van der Waals surface area (Å²) in [7, 11) is 0. The Morgan fingerprint density at radius 3 is 2.61 bits per heavy atom. The molecule has 0 atom stereocenters. The van der Waals surface area contributed by atoms with Crippen LogP contribution >= 0.6 is 11.3 Å². The smallest absolute Gasteiger partial charge is 0.407 e. The van der Waals surface area contributed by atoms with Crippen molar-refractivity contribution in [2.75, 3.05) is 6.61 Å². The number of rotatable bonds is 5. The average molecular weight is 341 g/mol. The van der Waals surface area contributed by atoms with Crippen molar-refractivity contribution < 1.29 is 19.1 Å². The van der Waals surface area contributed by atoms with Crippen molar-refractivity contribution in [2.24, 2.45) is 5.92 Å². The molecule has 0 saturated heterocycles. The number of aromatic nitrogens is 2. The Labute approximate surface area is 139 Å². The Morgan fingerprint density at radius 1 is 1.30 bits per heavy atom. The summed E-state index contributed by atoms with van der Waals surface area (Å²) in [5.74, 6) is 0.0206. The van der Waals surface area contributed by atoms with Gasteiger partial charge in [-0.25, -0.2) is 9.59 Å². The molecule has 0 radical (unpaired) electrons. The predicted molar refractivity (Wildman–Crippen MR) is 85.5 cm³/mol. The number of carbonyl (C=O) groups excluding carboxylic acids is 2. The minimum absolute atomic E-state index is 0.146. The molecule has 7 nitrogen and oxygen atoms in total. The number of amides is 1. The molecule has 0 spiro atoms. The number of carbonyl (C=O) groups is 2. The van der Waals surface area contributed by atoms with E-state index in [-0.39, 0.29) is 12.1 Å². The monoisotopic (exact) mass is 341 g/mol. The zero-order valence-electron chi connectivity index (χ0n) is 13.9. The van der Waals surface area contributed by atoms with Gasteiger partial charge in [0.05, 0.1) is 6.61 Å². The van der Waals surface area contributed by atoms with Gasteiger partial charge in [0, 0.05) is 12.5 Å². The molecule has 1 amide bonds. The third-order valence-corrected chi connectivity index (χ3v) is 4.26. The molecule has 1 fully saturated rings. The third kappa shape index (κ3) is 5.46. The van der Waals surface area contributed by atoms with E-state index in [2.05, 4.69) is 15.5 Å². The summed E-state index contributed by atoms with van der Waals surface area (Å²) in [6.07, 6.45) is 2.16. The van der Waals surface area contributed by atoms with Gasteiger partial charge < -0.3 is 14.8 Å². The second-order valence-electron chi connectivity index (χ2n) is 6.61. The first-order valence-corrected chi connectivity index (χ1v) is 8.57.